The van der Waals surface area contributed by atoms with Crippen LogP contribution in [0.15, 0.2) is 12.4 Å². The summed E-state index contributed by atoms with van der Waals surface area (Å²) in [4.78, 5) is 18.9. The molecular weight excluding hydrogens is 244 g/mol. The topological polar surface area (TPSA) is 86.2 Å². The lowest BCUT2D eigenvalue weighted by atomic mass is 10.4. The monoisotopic (exact) mass is 256 g/mol. The fourth-order valence-corrected chi connectivity index (χ4v) is 3.07. The van der Waals surface area contributed by atoms with Crippen LogP contribution in [-0.2, 0) is 20.3 Å². The van der Waals surface area contributed by atoms with Crippen molar-refractivity contribution in [3.8, 4) is 0 Å². The first-order valence-electron chi connectivity index (χ1n) is 5.14. The molecule has 1 aromatic rings. The van der Waals surface area contributed by atoms with Gasteiger partial charge in [-0.1, -0.05) is 0 Å². The maximum atomic E-state index is 11.7. The average molecular weight is 256 g/mol. The average Bonchev–Trinajstić information content (AvgIpc) is 3.11. The second-order valence-corrected chi connectivity index (χ2v) is 6.17. The van der Waals surface area contributed by atoms with Crippen molar-refractivity contribution in [3.63, 3.8) is 0 Å². The number of methoxy groups -OCH3 is 1. The Bertz CT molecular complexity index is 537. The molecule has 0 N–H and O–H groups in total. The molecule has 1 aromatic heterocycles. The molecule has 6 nitrogen and oxygen atoms in total. The van der Waals surface area contributed by atoms with Gasteiger partial charge in [0, 0.05) is 6.20 Å². The third-order valence-electron chi connectivity index (χ3n) is 2.46. The third-order valence-corrected chi connectivity index (χ3v) is 4.65. The molecule has 0 atom stereocenters. The van der Waals surface area contributed by atoms with Crippen molar-refractivity contribution in [3.05, 3.63) is 23.8 Å². The summed E-state index contributed by atoms with van der Waals surface area (Å²) in [6.45, 7) is 0. The second-order valence-electron chi connectivity index (χ2n) is 3.89. The molecule has 0 spiro atoms. The molecule has 1 saturated carbocycles. The highest BCUT2D eigenvalue weighted by atomic mass is 32.2. The van der Waals surface area contributed by atoms with Crippen molar-refractivity contribution < 1.29 is 17.9 Å². The summed E-state index contributed by atoms with van der Waals surface area (Å²) in [6, 6.07) is 0. The van der Waals surface area contributed by atoms with Crippen LogP contribution in [0.5, 0.6) is 0 Å². The molecule has 0 radical (unpaired) electrons. The second kappa shape index (κ2) is 4.40. The third kappa shape index (κ3) is 2.79. The number of hydrogen-bond acceptors (Lipinski definition) is 6. The van der Waals surface area contributed by atoms with Gasteiger partial charge >= 0.3 is 5.97 Å². The Hall–Kier alpha value is -1.50. The lowest BCUT2D eigenvalue weighted by Gasteiger charge is -2.03. The molecule has 0 aliphatic heterocycles. The normalized spacial score (nSPS) is 15.6. The van der Waals surface area contributed by atoms with Crippen LogP contribution in [0.4, 0.5) is 0 Å². The zero-order valence-electron chi connectivity index (χ0n) is 9.29. The van der Waals surface area contributed by atoms with E-state index < -0.39 is 15.8 Å². The number of carbonyl (C=O) groups is 1. The van der Waals surface area contributed by atoms with Crippen molar-refractivity contribution in [2.24, 2.45) is 0 Å². The van der Waals surface area contributed by atoms with E-state index in [1.54, 1.807) is 0 Å². The molecule has 7 heteroatoms. The highest BCUT2D eigenvalue weighted by Crippen LogP contribution is 2.30. The Morgan fingerprint density at radius 2 is 2.18 bits per heavy atom. The van der Waals surface area contributed by atoms with Gasteiger partial charge in [0.2, 0.25) is 0 Å². The highest BCUT2D eigenvalue weighted by Gasteiger charge is 2.35. The standard InChI is InChI=1S/C10H12N2O4S/c1-16-10(13)9-5-11-4-7(12-9)6-17(14,15)8-2-3-8/h4-5,8H,2-3,6H2,1H3. The molecule has 0 aromatic carbocycles. The van der Waals surface area contributed by atoms with Gasteiger partial charge in [-0.05, 0) is 12.8 Å². The molecular formula is C10H12N2O4S. The summed E-state index contributed by atoms with van der Waals surface area (Å²) in [7, 11) is -1.91. The van der Waals surface area contributed by atoms with Crippen molar-refractivity contribution in [1.29, 1.82) is 0 Å². The molecule has 17 heavy (non-hydrogen) atoms. The van der Waals surface area contributed by atoms with Gasteiger partial charge in [-0.2, -0.15) is 0 Å². The summed E-state index contributed by atoms with van der Waals surface area (Å²) < 4.78 is 27.9. The maximum Gasteiger partial charge on any atom is 0.358 e. The molecule has 0 unspecified atom stereocenters. The van der Waals surface area contributed by atoms with E-state index in [1.165, 1.54) is 19.5 Å². The van der Waals surface area contributed by atoms with Crippen LogP contribution in [0.25, 0.3) is 0 Å². The van der Waals surface area contributed by atoms with E-state index in [0.29, 0.717) is 12.8 Å². The van der Waals surface area contributed by atoms with Crippen LogP contribution < -0.4 is 0 Å². The van der Waals surface area contributed by atoms with E-state index in [9.17, 15) is 13.2 Å². The van der Waals surface area contributed by atoms with Crippen LogP contribution in [0.3, 0.4) is 0 Å². The minimum Gasteiger partial charge on any atom is -0.464 e. The maximum absolute atomic E-state index is 11.7. The SMILES string of the molecule is COC(=O)c1cncc(CS(=O)(=O)C2CC2)n1. The van der Waals surface area contributed by atoms with Crippen LogP contribution in [0, 0.1) is 0 Å². The Balaban J connectivity index is 2.19. The largest absolute Gasteiger partial charge is 0.464 e. The van der Waals surface area contributed by atoms with Crippen molar-refractivity contribution in [1.82, 2.24) is 9.97 Å². The van der Waals surface area contributed by atoms with Gasteiger partial charge in [-0.3, -0.25) is 4.98 Å². The summed E-state index contributed by atoms with van der Waals surface area (Å²) in [5, 5.41) is -0.244. The lowest BCUT2D eigenvalue weighted by molar-refractivity contribution is 0.0593. The number of carbonyl (C=O) groups excluding carboxylic acids is 1. The van der Waals surface area contributed by atoms with Crippen LogP contribution >= 0.6 is 0 Å². The number of ether oxygens (including phenoxy) is 1. The minimum absolute atomic E-state index is 0.0241. The van der Waals surface area contributed by atoms with Crippen molar-refractivity contribution in [2.75, 3.05) is 7.11 Å². The van der Waals surface area contributed by atoms with Crippen molar-refractivity contribution in [2.45, 2.75) is 23.8 Å². The Labute approximate surface area is 99.0 Å². The van der Waals surface area contributed by atoms with Gasteiger partial charge in [0.05, 0.1) is 30.0 Å². The quantitative estimate of drug-likeness (QED) is 0.722. The first-order chi connectivity index (χ1) is 8.03. The van der Waals surface area contributed by atoms with Crippen molar-refractivity contribution >= 4 is 15.8 Å². The minimum atomic E-state index is -3.14. The molecule has 0 amide bonds. The number of aromatic nitrogens is 2. The summed E-state index contributed by atoms with van der Waals surface area (Å²) in [6.07, 6.45) is 4.03. The van der Waals surface area contributed by atoms with E-state index in [-0.39, 0.29) is 22.4 Å². The van der Waals surface area contributed by atoms with E-state index in [1.807, 2.05) is 0 Å². The van der Waals surface area contributed by atoms with Gasteiger partial charge in [0.1, 0.15) is 0 Å². The molecule has 1 heterocycles. The Kier molecular flexibility index (Phi) is 3.10. The molecule has 1 aliphatic rings. The first-order valence-corrected chi connectivity index (χ1v) is 6.85. The predicted octanol–water partition coefficient (Wildman–Crippen LogP) is 0.340. The Morgan fingerprint density at radius 1 is 1.47 bits per heavy atom. The van der Waals surface area contributed by atoms with E-state index >= 15 is 0 Å². The zero-order chi connectivity index (χ0) is 12.5. The van der Waals surface area contributed by atoms with Gasteiger partial charge in [0.25, 0.3) is 0 Å². The summed E-state index contributed by atoms with van der Waals surface area (Å²) >= 11 is 0. The van der Waals surface area contributed by atoms with Gasteiger partial charge in [-0.25, -0.2) is 18.2 Å². The number of esters is 1. The predicted molar refractivity (Wildman–Crippen MR) is 59.0 cm³/mol. The van der Waals surface area contributed by atoms with Gasteiger partial charge in [0.15, 0.2) is 15.5 Å². The van der Waals surface area contributed by atoms with Gasteiger partial charge in [-0.15, -0.1) is 0 Å². The number of sulfone groups is 1. The summed E-state index contributed by atoms with van der Waals surface area (Å²) in [5.41, 5.74) is 0.302. The smallest absolute Gasteiger partial charge is 0.358 e. The van der Waals surface area contributed by atoms with E-state index in [0.717, 1.165) is 0 Å². The fraction of sp³-hybridized carbons (Fsp3) is 0.500. The first kappa shape index (κ1) is 12.0. The molecule has 1 aliphatic carbocycles. The molecule has 92 valence electrons. The van der Waals surface area contributed by atoms with Gasteiger partial charge < -0.3 is 4.74 Å². The number of nitrogens with zero attached hydrogens (tertiary/aromatic N) is 2. The molecule has 1 fully saturated rings. The van der Waals surface area contributed by atoms with Crippen LogP contribution in [0.1, 0.15) is 29.0 Å². The zero-order valence-corrected chi connectivity index (χ0v) is 10.1. The van der Waals surface area contributed by atoms with Crippen LogP contribution in [-0.4, -0.2) is 36.7 Å². The summed E-state index contributed by atoms with van der Waals surface area (Å²) in [5.74, 6) is -0.793. The molecule has 2 rings (SSSR count). The van der Waals surface area contributed by atoms with Crippen LogP contribution in [0.2, 0.25) is 0 Å². The molecule has 0 saturated heterocycles. The fourth-order valence-electron chi connectivity index (χ4n) is 1.43. The number of hydrogen-bond donors (Lipinski definition) is 0. The lowest BCUT2D eigenvalue weighted by Crippen LogP contribution is -2.13. The number of rotatable bonds is 4. The van der Waals surface area contributed by atoms with E-state index in [2.05, 4.69) is 14.7 Å². The Morgan fingerprint density at radius 3 is 2.76 bits per heavy atom. The molecule has 0 bridgehead atoms. The van der Waals surface area contributed by atoms with E-state index in [4.69, 9.17) is 0 Å². The highest BCUT2D eigenvalue weighted by molar-refractivity contribution is 7.91.